The minimum Gasteiger partial charge on any atom is -0.310 e. The molecule has 0 atom stereocenters. The maximum Gasteiger partial charge on any atom is 0.250 e. The standard InChI is InChI=1S/C12H9FINO/c13-10-3-1-2-9(6-10)7-15-8-11(14)4-5-12(15)16/h1-6,8H,7H2. The highest BCUT2D eigenvalue weighted by atomic mass is 127. The third kappa shape index (κ3) is 2.69. The number of halogens is 2. The predicted octanol–water partition coefficient (Wildman–Crippen LogP) is 2.64. The van der Waals surface area contributed by atoms with Crippen molar-refractivity contribution in [1.82, 2.24) is 4.57 Å². The first kappa shape index (κ1) is 11.3. The van der Waals surface area contributed by atoms with Gasteiger partial charge in [0.1, 0.15) is 5.82 Å². The summed E-state index contributed by atoms with van der Waals surface area (Å²) in [7, 11) is 0. The van der Waals surface area contributed by atoms with Crippen molar-refractivity contribution in [2.45, 2.75) is 6.54 Å². The topological polar surface area (TPSA) is 22.0 Å². The molecule has 0 amide bonds. The Hall–Kier alpha value is -1.17. The Labute approximate surface area is 106 Å². The van der Waals surface area contributed by atoms with E-state index in [1.165, 1.54) is 18.2 Å². The molecule has 2 aromatic rings. The summed E-state index contributed by atoms with van der Waals surface area (Å²) >= 11 is 2.14. The molecule has 2 nitrogen and oxygen atoms in total. The molecule has 0 unspecified atom stereocenters. The van der Waals surface area contributed by atoms with E-state index in [1.54, 1.807) is 29.0 Å². The molecular weight excluding hydrogens is 320 g/mol. The predicted molar refractivity (Wildman–Crippen MR) is 68.9 cm³/mol. The zero-order valence-corrected chi connectivity index (χ0v) is 10.5. The number of hydrogen-bond acceptors (Lipinski definition) is 1. The highest BCUT2D eigenvalue weighted by Gasteiger charge is 1.99. The summed E-state index contributed by atoms with van der Waals surface area (Å²) in [5, 5.41) is 0. The first-order valence-electron chi connectivity index (χ1n) is 4.75. The van der Waals surface area contributed by atoms with Gasteiger partial charge in [-0.05, 0) is 46.4 Å². The second kappa shape index (κ2) is 4.78. The second-order valence-electron chi connectivity index (χ2n) is 3.44. The van der Waals surface area contributed by atoms with Crippen molar-refractivity contribution in [2.24, 2.45) is 0 Å². The van der Waals surface area contributed by atoms with Crippen LogP contribution in [-0.2, 0) is 6.54 Å². The van der Waals surface area contributed by atoms with Gasteiger partial charge in [0.2, 0.25) is 0 Å². The minimum absolute atomic E-state index is 0.0790. The van der Waals surface area contributed by atoms with E-state index in [2.05, 4.69) is 22.6 Å². The van der Waals surface area contributed by atoms with E-state index < -0.39 is 0 Å². The van der Waals surface area contributed by atoms with E-state index in [-0.39, 0.29) is 11.4 Å². The molecule has 1 heterocycles. The minimum atomic E-state index is -0.281. The maximum absolute atomic E-state index is 13.0. The molecule has 0 saturated carbocycles. The Balaban J connectivity index is 2.34. The van der Waals surface area contributed by atoms with Gasteiger partial charge in [0.15, 0.2) is 0 Å². The van der Waals surface area contributed by atoms with Crippen LogP contribution in [0.1, 0.15) is 5.56 Å². The molecule has 1 aromatic heterocycles. The summed E-state index contributed by atoms with van der Waals surface area (Å²) in [6.45, 7) is 0.396. The van der Waals surface area contributed by atoms with Crippen molar-refractivity contribution < 1.29 is 4.39 Å². The van der Waals surface area contributed by atoms with Crippen LogP contribution in [0.25, 0.3) is 0 Å². The van der Waals surface area contributed by atoms with Crippen LogP contribution in [0.5, 0.6) is 0 Å². The molecule has 2 rings (SSSR count). The van der Waals surface area contributed by atoms with Gasteiger partial charge in [0, 0.05) is 15.8 Å². The number of rotatable bonds is 2. The average molecular weight is 329 g/mol. The normalized spacial score (nSPS) is 10.4. The van der Waals surface area contributed by atoms with Crippen LogP contribution >= 0.6 is 22.6 Å². The fourth-order valence-corrected chi connectivity index (χ4v) is 1.97. The van der Waals surface area contributed by atoms with Crippen LogP contribution in [0.3, 0.4) is 0 Å². The van der Waals surface area contributed by atoms with Crippen molar-refractivity contribution in [1.29, 1.82) is 0 Å². The first-order valence-corrected chi connectivity index (χ1v) is 5.83. The molecule has 0 aliphatic rings. The van der Waals surface area contributed by atoms with Gasteiger partial charge < -0.3 is 4.57 Å². The van der Waals surface area contributed by atoms with Crippen molar-refractivity contribution in [3.8, 4) is 0 Å². The van der Waals surface area contributed by atoms with Gasteiger partial charge in [0.25, 0.3) is 5.56 Å². The van der Waals surface area contributed by atoms with Crippen LogP contribution < -0.4 is 5.56 Å². The van der Waals surface area contributed by atoms with Gasteiger partial charge >= 0.3 is 0 Å². The van der Waals surface area contributed by atoms with Gasteiger partial charge in [0.05, 0.1) is 6.54 Å². The highest BCUT2D eigenvalue weighted by molar-refractivity contribution is 14.1. The Morgan fingerprint density at radius 1 is 1.25 bits per heavy atom. The quantitative estimate of drug-likeness (QED) is 0.777. The van der Waals surface area contributed by atoms with Crippen molar-refractivity contribution >= 4 is 22.6 Å². The first-order chi connectivity index (χ1) is 7.65. The largest absolute Gasteiger partial charge is 0.310 e. The van der Waals surface area contributed by atoms with E-state index in [9.17, 15) is 9.18 Å². The van der Waals surface area contributed by atoms with Crippen LogP contribution in [0.2, 0.25) is 0 Å². The third-order valence-corrected chi connectivity index (χ3v) is 2.83. The van der Waals surface area contributed by atoms with Crippen LogP contribution in [0, 0.1) is 9.39 Å². The Morgan fingerprint density at radius 3 is 2.81 bits per heavy atom. The zero-order chi connectivity index (χ0) is 11.5. The maximum atomic E-state index is 13.0. The SMILES string of the molecule is O=c1ccc(I)cn1Cc1cccc(F)c1. The third-order valence-electron chi connectivity index (χ3n) is 2.19. The highest BCUT2D eigenvalue weighted by Crippen LogP contribution is 2.06. The molecule has 0 aliphatic carbocycles. The smallest absolute Gasteiger partial charge is 0.250 e. The number of pyridine rings is 1. The lowest BCUT2D eigenvalue weighted by Gasteiger charge is -2.06. The van der Waals surface area contributed by atoms with Crippen molar-refractivity contribution in [2.75, 3.05) is 0 Å². The van der Waals surface area contributed by atoms with Crippen LogP contribution in [-0.4, -0.2) is 4.57 Å². The van der Waals surface area contributed by atoms with Crippen molar-refractivity contribution in [3.63, 3.8) is 0 Å². The molecular formula is C12H9FINO. The van der Waals surface area contributed by atoms with Crippen LogP contribution in [0.4, 0.5) is 4.39 Å². The van der Waals surface area contributed by atoms with Crippen LogP contribution in [0.15, 0.2) is 47.4 Å². The van der Waals surface area contributed by atoms with Gasteiger partial charge in [-0.1, -0.05) is 12.1 Å². The Kier molecular flexibility index (Phi) is 3.38. The molecule has 82 valence electrons. The molecule has 0 N–H and O–H groups in total. The lowest BCUT2D eigenvalue weighted by atomic mass is 10.2. The van der Waals surface area contributed by atoms with Gasteiger partial charge in [-0.25, -0.2) is 4.39 Å². The molecule has 0 bridgehead atoms. The van der Waals surface area contributed by atoms with E-state index in [1.807, 2.05) is 0 Å². The molecule has 16 heavy (non-hydrogen) atoms. The fourth-order valence-electron chi connectivity index (χ4n) is 1.46. The van der Waals surface area contributed by atoms with E-state index in [0.717, 1.165) is 9.13 Å². The molecule has 0 radical (unpaired) electrons. The molecule has 0 fully saturated rings. The van der Waals surface area contributed by atoms with E-state index >= 15 is 0 Å². The summed E-state index contributed by atoms with van der Waals surface area (Å²) in [6, 6.07) is 9.54. The lowest BCUT2D eigenvalue weighted by molar-refractivity contribution is 0.622. The number of hydrogen-bond donors (Lipinski definition) is 0. The Bertz CT molecular complexity index is 565. The number of benzene rings is 1. The fraction of sp³-hybridized carbons (Fsp3) is 0.0833. The summed E-state index contributed by atoms with van der Waals surface area (Å²) in [4.78, 5) is 11.5. The van der Waals surface area contributed by atoms with E-state index in [4.69, 9.17) is 0 Å². The summed E-state index contributed by atoms with van der Waals surface area (Å²) in [5.74, 6) is -0.281. The van der Waals surface area contributed by atoms with Crippen molar-refractivity contribution in [3.05, 3.63) is 67.9 Å². The molecule has 0 saturated heterocycles. The van der Waals surface area contributed by atoms with E-state index in [0.29, 0.717) is 6.54 Å². The number of nitrogens with zero attached hydrogens (tertiary/aromatic N) is 1. The molecule has 1 aromatic carbocycles. The van der Waals surface area contributed by atoms with Gasteiger partial charge in [-0.2, -0.15) is 0 Å². The zero-order valence-electron chi connectivity index (χ0n) is 8.36. The molecule has 0 spiro atoms. The Morgan fingerprint density at radius 2 is 2.06 bits per heavy atom. The average Bonchev–Trinajstić information content (AvgIpc) is 2.24. The summed E-state index contributed by atoms with van der Waals surface area (Å²) in [5.41, 5.74) is 0.703. The monoisotopic (exact) mass is 329 g/mol. The molecule has 0 aliphatic heterocycles. The lowest BCUT2D eigenvalue weighted by Crippen LogP contribution is -2.19. The summed E-state index contributed by atoms with van der Waals surface area (Å²) < 4.78 is 15.5. The molecule has 4 heteroatoms. The number of aromatic nitrogens is 1. The van der Waals surface area contributed by atoms with Gasteiger partial charge in [-0.15, -0.1) is 0 Å². The van der Waals surface area contributed by atoms with Gasteiger partial charge in [-0.3, -0.25) is 4.79 Å². The second-order valence-corrected chi connectivity index (χ2v) is 4.69. The summed E-state index contributed by atoms with van der Waals surface area (Å²) in [6.07, 6.45) is 1.76.